The van der Waals surface area contributed by atoms with Crippen LogP contribution < -0.4 is 82.3 Å². The molecule has 0 radical (unpaired) electrons. The first kappa shape index (κ1) is 71.8. The van der Waals surface area contributed by atoms with Gasteiger partial charge in [0.05, 0.1) is 12.6 Å². The molecule has 0 spiro atoms. The number of carbonyl (C=O) groups excluding carboxylic acids is 10. The highest BCUT2D eigenvalue weighted by Crippen LogP contribution is 2.15. The first-order valence-electron chi connectivity index (χ1n) is 27.4. The number of rotatable bonds is 41. The number of guanidine groups is 1. The maximum atomic E-state index is 14.5. The van der Waals surface area contributed by atoms with Crippen LogP contribution in [0.2, 0.25) is 0 Å². The van der Waals surface area contributed by atoms with Crippen LogP contribution in [0.15, 0.2) is 4.99 Å². The van der Waals surface area contributed by atoms with Crippen LogP contribution in [0.1, 0.15) is 146 Å². The Balaban J connectivity index is 6.95. The summed E-state index contributed by atoms with van der Waals surface area (Å²) in [4.78, 5) is 139. The van der Waals surface area contributed by atoms with Gasteiger partial charge in [-0.3, -0.25) is 52.9 Å². The monoisotopic (exact) mass is 1110 g/mol. The second-order valence-corrected chi connectivity index (χ2v) is 21.1. The van der Waals surface area contributed by atoms with E-state index in [1.54, 1.807) is 13.8 Å². The number of aliphatic imine (C=N–C) groups is 1. The summed E-state index contributed by atoms with van der Waals surface area (Å²) in [5, 5.41) is 34.7. The predicted octanol–water partition coefficient (Wildman–Crippen LogP) is -3.31. The lowest BCUT2D eigenvalue weighted by Crippen LogP contribution is -2.62. The van der Waals surface area contributed by atoms with Crippen molar-refractivity contribution in [1.82, 2.24) is 47.9 Å². The Morgan fingerprint density at radius 3 is 1.24 bits per heavy atom. The topological polar surface area (TPSA) is 468 Å². The van der Waals surface area contributed by atoms with E-state index in [1.807, 2.05) is 41.5 Å². The SMILES string of the molecule is CC[C@H](C)[C@H](NC(=O)[C@H](CCCN=C(N)N)NC(=O)[C@H](CCCCN)NC(=O)[C@H](CC(C)C)NC(=O)[C@H](CC(C)C)NC(=O)CN)C(=O)N[C@@H](CCCCN)C(=O)N[C@H](C(=O)N[C@@H](CC(C)C)C(=O)NCCC(N)=O)[C@@H](C)O. The van der Waals surface area contributed by atoms with Gasteiger partial charge in [0.1, 0.15) is 48.3 Å². The van der Waals surface area contributed by atoms with Crippen molar-refractivity contribution in [3.63, 3.8) is 0 Å². The number of unbranched alkanes of at least 4 members (excludes halogenated alkanes) is 2. The fraction of sp³-hybridized carbons (Fsp3) is 0.784. The molecule has 0 saturated carbocycles. The molecule has 27 heteroatoms. The van der Waals surface area contributed by atoms with E-state index in [0.29, 0.717) is 32.1 Å². The summed E-state index contributed by atoms with van der Waals surface area (Å²) in [5.41, 5.74) is 33.4. The Hall–Kier alpha value is -6.19. The highest BCUT2D eigenvalue weighted by Gasteiger charge is 2.37. The fourth-order valence-electron chi connectivity index (χ4n) is 8.04. The third kappa shape index (κ3) is 30.1. The van der Waals surface area contributed by atoms with E-state index in [2.05, 4.69) is 52.8 Å². The minimum atomic E-state index is -1.60. The molecule has 27 nitrogen and oxygen atoms in total. The molecule has 448 valence electrons. The van der Waals surface area contributed by atoms with Crippen molar-refractivity contribution in [2.24, 2.45) is 63.1 Å². The quantitative estimate of drug-likeness (QED) is 0.0162. The summed E-state index contributed by atoms with van der Waals surface area (Å²) in [6, 6.07) is -10.1. The minimum Gasteiger partial charge on any atom is -0.391 e. The molecule has 0 aromatic heterocycles. The molecule has 0 heterocycles. The van der Waals surface area contributed by atoms with Crippen molar-refractivity contribution in [3.8, 4) is 0 Å². The standard InChI is InChI=1S/C51H98N16O11/c1-10-31(8)41(49(77)63-34(17-12-14-21-53)46(74)67-42(32(9)68)50(78)65-36(24-28(2)3)43(71)58-23-19-39(55)69)66-45(73)35(18-15-22-59-51(56)57)61-44(72)33(16-11-13-20-52)62-48(76)38(26-30(6)7)64-47(75)37(25-29(4)5)60-40(70)27-54/h28-38,41-42,68H,10-27,52-54H2,1-9H3,(H2,55,69)(H,58,71)(H,60,70)(H,61,72)(H,62,76)(H,63,77)(H,64,75)(H,65,78)(H,66,73)(H,67,74)(H4,56,57,59)/t31-,32+,33-,34-,35-,36-,37-,38-,41-,42-/m0/s1. The van der Waals surface area contributed by atoms with Gasteiger partial charge in [0, 0.05) is 19.5 Å². The van der Waals surface area contributed by atoms with E-state index >= 15 is 0 Å². The Bertz CT molecular complexity index is 1930. The van der Waals surface area contributed by atoms with E-state index in [0.717, 1.165) is 0 Å². The van der Waals surface area contributed by atoms with Crippen LogP contribution in [0.4, 0.5) is 0 Å². The van der Waals surface area contributed by atoms with Crippen LogP contribution in [-0.4, -0.2) is 157 Å². The number of aliphatic hydroxyl groups is 1. The number of hydrogen-bond donors (Lipinski definition) is 16. The van der Waals surface area contributed by atoms with Gasteiger partial charge in [-0.15, -0.1) is 0 Å². The lowest BCUT2D eigenvalue weighted by atomic mass is 9.96. The molecule has 0 aromatic rings. The maximum Gasteiger partial charge on any atom is 0.245 e. The summed E-state index contributed by atoms with van der Waals surface area (Å²) in [6.45, 7) is 15.9. The Kier molecular flexibility index (Phi) is 36.1. The van der Waals surface area contributed by atoms with E-state index < -0.39 is 119 Å². The van der Waals surface area contributed by atoms with Crippen LogP contribution in [0.3, 0.4) is 0 Å². The smallest absolute Gasteiger partial charge is 0.245 e. The lowest BCUT2D eigenvalue weighted by molar-refractivity contribution is -0.137. The molecule has 0 rings (SSSR count). The number of carbonyl (C=O) groups is 10. The van der Waals surface area contributed by atoms with Crippen LogP contribution >= 0.6 is 0 Å². The zero-order chi connectivity index (χ0) is 59.7. The summed E-state index contributed by atoms with van der Waals surface area (Å²) < 4.78 is 0. The number of amides is 10. The molecule has 22 N–H and O–H groups in total. The van der Waals surface area contributed by atoms with Gasteiger partial charge in [-0.25, -0.2) is 0 Å². The zero-order valence-corrected chi connectivity index (χ0v) is 47.7. The number of aliphatic hydroxyl groups excluding tert-OH is 1. The van der Waals surface area contributed by atoms with Crippen molar-refractivity contribution >= 4 is 65.0 Å². The van der Waals surface area contributed by atoms with E-state index in [-0.39, 0.29) is 108 Å². The molecule has 78 heavy (non-hydrogen) atoms. The van der Waals surface area contributed by atoms with Crippen molar-refractivity contribution in [2.75, 3.05) is 32.7 Å². The number of hydrogen-bond acceptors (Lipinski definition) is 15. The van der Waals surface area contributed by atoms with Crippen LogP contribution in [0.5, 0.6) is 0 Å². The van der Waals surface area contributed by atoms with Crippen molar-refractivity contribution in [1.29, 1.82) is 0 Å². The molecular formula is C51H98N16O11. The average molecular weight is 1110 g/mol. The third-order valence-corrected chi connectivity index (χ3v) is 12.5. The third-order valence-electron chi connectivity index (χ3n) is 12.5. The molecule has 0 aliphatic heterocycles. The van der Waals surface area contributed by atoms with Crippen LogP contribution in [-0.2, 0) is 47.9 Å². The Labute approximate surface area is 460 Å². The van der Waals surface area contributed by atoms with Crippen molar-refractivity contribution < 1.29 is 53.1 Å². The van der Waals surface area contributed by atoms with Crippen LogP contribution in [0, 0.1) is 23.7 Å². The first-order chi connectivity index (χ1) is 36.6. The van der Waals surface area contributed by atoms with Gasteiger partial charge in [-0.1, -0.05) is 61.8 Å². The number of primary amides is 1. The van der Waals surface area contributed by atoms with Crippen LogP contribution in [0.25, 0.3) is 0 Å². The summed E-state index contributed by atoms with van der Waals surface area (Å²) in [6.07, 6.45) is 1.18. The molecule has 0 saturated heterocycles. The maximum absolute atomic E-state index is 14.5. The van der Waals surface area contributed by atoms with Gasteiger partial charge >= 0.3 is 0 Å². The summed E-state index contributed by atoms with van der Waals surface area (Å²) in [5.74, 6) is -8.22. The predicted molar refractivity (Wildman–Crippen MR) is 297 cm³/mol. The molecule has 0 bridgehead atoms. The second kappa shape index (κ2) is 39.2. The van der Waals surface area contributed by atoms with Crippen molar-refractivity contribution in [2.45, 2.75) is 200 Å². The molecule has 0 unspecified atom stereocenters. The van der Waals surface area contributed by atoms with Gasteiger partial charge in [-0.2, -0.15) is 0 Å². The van der Waals surface area contributed by atoms with E-state index in [4.69, 9.17) is 34.4 Å². The highest BCUT2D eigenvalue weighted by atomic mass is 16.3. The second-order valence-electron chi connectivity index (χ2n) is 21.1. The summed E-state index contributed by atoms with van der Waals surface area (Å²) >= 11 is 0. The van der Waals surface area contributed by atoms with Gasteiger partial charge in [0.2, 0.25) is 59.1 Å². The molecule has 0 aromatic carbocycles. The van der Waals surface area contributed by atoms with Gasteiger partial charge < -0.3 is 87.4 Å². The van der Waals surface area contributed by atoms with E-state index in [9.17, 15) is 53.1 Å². The number of nitrogens with two attached hydrogens (primary N) is 6. The van der Waals surface area contributed by atoms with Gasteiger partial charge in [0.15, 0.2) is 5.96 Å². The largest absolute Gasteiger partial charge is 0.391 e. The molecule has 0 aliphatic rings. The molecule has 0 aliphatic carbocycles. The number of nitrogens with one attached hydrogen (secondary N) is 9. The first-order valence-corrected chi connectivity index (χ1v) is 27.4. The average Bonchev–Trinajstić information content (AvgIpc) is 3.35. The van der Waals surface area contributed by atoms with Gasteiger partial charge in [0.25, 0.3) is 0 Å². The number of nitrogens with zero attached hydrogens (tertiary/aromatic N) is 1. The molecule has 0 fully saturated rings. The highest BCUT2D eigenvalue weighted by molar-refractivity contribution is 5.98. The Morgan fingerprint density at radius 2 is 0.833 bits per heavy atom. The molecule has 10 amide bonds. The van der Waals surface area contributed by atoms with Crippen molar-refractivity contribution in [3.05, 3.63) is 0 Å². The van der Waals surface area contributed by atoms with E-state index in [1.165, 1.54) is 6.92 Å². The summed E-state index contributed by atoms with van der Waals surface area (Å²) in [7, 11) is 0. The zero-order valence-electron chi connectivity index (χ0n) is 47.7. The van der Waals surface area contributed by atoms with Gasteiger partial charge in [-0.05, 0) is 114 Å². The Morgan fingerprint density at radius 1 is 0.462 bits per heavy atom. The molecular weight excluding hydrogens is 1010 g/mol. The normalized spacial score (nSPS) is 15.1. The lowest BCUT2D eigenvalue weighted by Gasteiger charge is -2.30. The minimum absolute atomic E-state index is 0.0152. The molecule has 10 atom stereocenters. The fourth-order valence-corrected chi connectivity index (χ4v) is 8.04.